The SMILES string of the molecule is CC(C#Cc1ccc(Cl)cc1)C(=O)OC(C)(C)C. The maximum atomic E-state index is 11.7. The van der Waals surface area contributed by atoms with Crippen LogP contribution in [-0.2, 0) is 9.53 Å². The molecule has 0 aliphatic carbocycles. The van der Waals surface area contributed by atoms with Crippen LogP contribution >= 0.6 is 11.6 Å². The van der Waals surface area contributed by atoms with E-state index in [9.17, 15) is 4.79 Å². The summed E-state index contributed by atoms with van der Waals surface area (Å²) in [6.07, 6.45) is 0. The van der Waals surface area contributed by atoms with Crippen molar-refractivity contribution in [3.63, 3.8) is 0 Å². The average Bonchev–Trinajstić information content (AvgIpc) is 2.25. The zero-order chi connectivity index (χ0) is 13.8. The Hall–Kier alpha value is -1.46. The van der Waals surface area contributed by atoms with E-state index in [1.807, 2.05) is 32.9 Å². The molecule has 0 heterocycles. The van der Waals surface area contributed by atoms with E-state index in [0.717, 1.165) is 5.56 Å². The van der Waals surface area contributed by atoms with Crippen LogP contribution < -0.4 is 0 Å². The van der Waals surface area contributed by atoms with E-state index >= 15 is 0 Å². The second-order valence-corrected chi connectivity index (χ2v) is 5.47. The molecule has 3 heteroatoms. The zero-order valence-corrected chi connectivity index (χ0v) is 11.8. The highest BCUT2D eigenvalue weighted by Gasteiger charge is 2.20. The molecule has 0 spiro atoms. The van der Waals surface area contributed by atoms with Crippen molar-refractivity contribution < 1.29 is 9.53 Å². The minimum absolute atomic E-state index is 0.302. The fourth-order valence-electron chi connectivity index (χ4n) is 1.17. The fraction of sp³-hybridized carbons (Fsp3) is 0.400. The van der Waals surface area contributed by atoms with Crippen LogP contribution in [-0.4, -0.2) is 11.6 Å². The summed E-state index contributed by atoms with van der Waals surface area (Å²) in [4.78, 5) is 11.7. The van der Waals surface area contributed by atoms with Gasteiger partial charge in [0.2, 0.25) is 0 Å². The molecule has 0 N–H and O–H groups in total. The van der Waals surface area contributed by atoms with E-state index in [0.29, 0.717) is 5.02 Å². The Labute approximate surface area is 113 Å². The molecule has 0 amide bonds. The Balaban J connectivity index is 2.68. The largest absolute Gasteiger partial charge is 0.459 e. The molecule has 0 aliphatic heterocycles. The molecule has 1 atom stereocenters. The zero-order valence-electron chi connectivity index (χ0n) is 11.1. The van der Waals surface area contributed by atoms with Crippen molar-refractivity contribution >= 4 is 17.6 Å². The molecular weight excluding hydrogens is 248 g/mol. The summed E-state index contributed by atoms with van der Waals surface area (Å²) in [5, 5.41) is 0.667. The number of esters is 1. The average molecular weight is 265 g/mol. The second kappa shape index (κ2) is 5.93. The van der Waals surface area contributed by atoms with Gasteiger partial charge in [-0.05, 0) is 52.0 Å². The molecule has 18 heavy (non-hydrogen) atoms. The lowest BCUT2D eigenvalue weighted by Crippen LogP contribution is -2.27. The van der Waals surface area contributed by atoms with Crippen molar-refractivity contribution in [2.75, 3.05) is 0 Å². The van der Waals surface area contributed by atoms with Gasteiger partial charge in [0, 0.05) is 10.6 Å². The Morgan fingerprint density at radius 3 is 2.33 bits per heavy atom. The van der Waals surface area contributed by atoms with Gasteiger partial charge in [-0.1, -0.05) is 23.4 Å². The molecule has 1 unspecified atom stereocenters. The van der Waals surface area contributed by atoms with Gasteiger partial charge in [0.15, 0.2) is 0 Å². The highest BCUT2D eigenvalue weighted by Crippen LogP contribution is 2.11. The maximum Gasteiger partial charge on any atom is 0.321 e. The van der Waals surface area contributed by atoms with Crippen molar-refractivity contribution in [3.8, 4) is 11.8 Å². The van der Waals surface area contributed by atoms with Gasteiger partial charge in [0.1, 0.15) is 11.5 Å². The van der Waals surface area contributed by atoms with E-state index in [2.05, 4.69) is 11.8 Å². The molecular formula is C15H17ClO2. The van der Waals surface area contributed by atoms with Gasteiger partial charge in [-0.2, -0.15) is 0 Å². The van der Waals surface area contributed by atoms with Crippen LogP contribution in [0.5, 0.6) is 0 Å². The van der Waals surface area contributed by atoms with Crippen LogP contribution in [0.3, 0.4) is 0 Å². The van der Waals surface area contributed by atoms with E-state index in [-0.39, 0.29) is 5.97 Å². The van der Waals surface area contributed by atoms with Gasteiger partial charge >= 0.3 is 5.97 Å². The number of carbonyl (C=O) groups is 1. The summed E-state index contributed by atoms with van der Waals surface area (Å²) in [5.74, 6) is 5.06. The smallest absolute Gasteiger partial charge is 0.321 e. The normalized spacial score (nSPS) is 12.3. The number of rotatable bonds is 1. The fourth-order valence-corrected chi connectivity index (χ4v) is 1.30. The lowest BCUT2D eigenvalue weighted by molar-refractivity contribution is -0.157. The first-order valence-corrected chi connectivity index (χ1v) is 6.16. The Morgan fingerprint density at radius 1 is 1.28 bits per heavy atom. The first kappa shape index (κ1) is 14.6. The molecule has 0 radical (unpaired) electrons. The molecule has 0 saturated carbocycles. The van der Waals surface area contributed by atoms with Crippen molar-refractivity contribution in [2.45, 2.75) is 33.3 Å². The second-order valence-electron chi connectivity index (χ2n) is 5.03. The molecule has 1 aromatic carbocycles. The summed E-state index contributed by atoms with van der Waals surface area (Å²) >= 11 is 5.78. The minimum Gasteiger partial charge on any atom is -0.459 e. The highest BCUT2D eigenvalue weighted by atomic mass is 35.5. The van der Waals surface area contributed by atoms with Crippen LogP contribution in [0.25, 0.3) is 0 Å². The number of hydrogen-bond acceptors (Lipinski definition) is 2. The monoisotopic (exact) mass is 264 g/mol. The van der Waals surface area contributed by atoms with Gasteiger partial charge in [-0.25, -0.2) is 0 Å². The number of ether oxygens (including phenoxy) is 1. The molecule has 0 aromatic heterocycles. The van der Waals surface area contributed by atoms with Gasteiger partial charge in [-0.15, -0.1) is 0 Å². The molecule has 0 aliphatic rings. The van der Waals surface area contributed by atoms with Crippen LogP contribution in [0.15, 0.2) is 24.3 Å². The van der Waals surface area contributed by atoms with Crippen LogP contribution in [0.1, 0.15) is 33.3 Å². The van der Waals surface area contributed by atoms with Gasteiger partial charge in [-0.3, -0.25) is 4.79 Å². The number of benzene rings is 1. The topological polar surface area (TPSA) is 26.3 Å². The molecule has 1 aromatic rings. The summed E-state index contributed by atoms with van der Waals surface area (Å²) < 4.78 is 5.24. The predicted molar refractivity (Wildman–Crippen MR) is 73.3 cm³/mol. The first-order chi connectivity index (χ1) is 8.28. The third kappa shape index (κ3) is 5.25. The summed E-state index contributed by atoms with van der Waals surface area (Å²) in [6.45, 7) is 7.25. The molecule has 96 valence electrons. The number of halogens is 1. The van der Waals surface area contributed by atoms with E-state index in [4.69, 9.17) is 16.3 Å². The Morgan fingerprint density at radius 2 is 1.83 bits per heavy atom. The standard InChI is InChI=1S/C15H17ClO2/c1-11(14(17)18-15(2,3)4)5-6-12-7-9-13(16)10-8-12/h7-11H,1-4H3. The molecule has 2 nitrogen and oxygen atoms in total. The van der Waals surface area contributed by atoms with E-state index < -0.39 is 11.5 Å². The van der Waals surface area contributed by atoms with Crippen molar-refractivity contribution in [3.05, 3.63) is 34.9 Å². The highest BCUT2D eigenvalue weighted by molar-refractivity contribution is 6.30. The summed E-state index contributed by atoms with van der Waals surface area (Å²) in [6, 6.07) is 7.17. The van der Waals surface area contributed by atoms with Crippen LogP contribution in [0.4, 0.5) is 0 Å². The quantitative estimate of drug-likeness (QED) is 0.571. The first-order valence-electron chi connectivity index (χ1n) is 5.78. The molecule has 0 bridgehead atoms. The lowest BCUT2D eigenvalue weighted by atomic mass is 10.1. The van der Waals surface area contributed by atoms with Crippen molar-refractivity contribution in [2.24, 2.45) is 5.92 Å². The summed E-state index contributed by atoms with van der Waals surface area (Å²) in [5.41, 5.74) is 0.350. The maximum absolute atomic E-state index is 11.7. The number of carbonyl (C=O) groups excluding carboxylic acids is 1. The lowest BCUT2D eigenvalue weighted by Gasteiger charge is -2.20. The third-order valence-electron chi connectivity index (χ3n) is 2.04. The van der Waals surface area contributed by atoms with Crippen molar-refractivity contribution in [1.82, 2.24) is 0 Å². The van der Waals surface area contributed by atoms with Gasteiger partial charge in [0.05, 0.1) is 0 Å². The van der Waals surface area contributed by atoms with Crippen LogP contribution in [0, 0.1) is 17.8 Å². The molecule has 1 rings (SSSR count). The van der Waals surface area contributed by atoms with Gasteiger partial charge in [0.25, 0.3) is 0 Å². The number of hydrogen-bond donors (Lipinski definition) is 0. The Bertz CT molecular complexity index is 472. The molecule has 0 fully saturated rings. The minimum atomic E-state index is -0.479. The molecule has 0 saturated heterocycles. The van der Waals surface area contributed by atoms with Gasteiger partial charge < -0.3 is 4.74 Å². The van der Waals surface area contributed by atoms with Crippen molar-refractivity contribution in [1.29, 1.82) is 0 Å². The summed E-state index contributed by atoms with van der Waals surface area (Å²) in [7, 11) is 0. The Kier molecular flexibility index (Phi) is 4.81. The van der Waals surface area contributed by atoms with E-state index in [1.54, 1.807) is 19.1 Å². The van der Waals surface area contributed by atoms with E-state index in [1.165, 1.54) is 0 Å². The van der Waals surface area contributed by atoms with Crippen LogP contribution in [0.2, 0.25) is 5.02 Å². The third-order valence-corrected chi connectivity index (χ3v) is 2.29. The predicted octanol–water partition coefficient (Wildman–Crippen LogP) is 3.67.